The maximum absolute atomic E-state index is 11.2. The quantitative estimate of drug-likeness (QED) is 0.527. The van der Waals surface area contributed by atoms with Crippen LogP contribution in [0.3, 0.4) is 0 Å². The molecule has 18 heavy (non-hydrogen) atoms. The van der Waals surface area contributed by atoms with Crippen molar-refractivity contribution >= 4 is 48.9 Å². The molecular weight excluding hydrogens is 316 g/mol. The highest BCUT2D eigenvalue weighted by Crippen LogP contribution is 2.32. The van der Waals surface area contributed by atoms with Gasteiger partial charge in [-0.25, -0.2) is 4.79 Å². The van der Waals surface area contributed by atoms with Crippen LogP contribution in [0, 0.1) is 0 Å². The summed E-state index contributed by atoms with van der Waals surface area (Å²) < 4.78 is 5.91. The lowest BCUT2D eigenvalue weighted by molar-refractivity contribution is -0.130. The number of rotatable bonds is 4. The highest BCUT2D eigenvalue weighted by Gasteiger charge is 2.16. The van der Waals surface area contributed by atoms with Crippen molar-refractivity contribution in [3.05, 3.63) is 41.0 Å². The topological polar surface area (TPSA) is 46.5 Å². The number of methoxy groups -OCH3 is 1. The summed E-state index contributed by atoms with van der Waals surface area (Å²) in [7, 11) is 1.45. The van der Waals surface area contributed by atoms with E-state index in [0.29, 0.717) is 5.56 Å². The van der Waals surface area contributed by atoms with E-state index in [4.69, 9.17) is 4.74 Å². The van der Waals surface area contributed by atoms with Crippen molar-refractivity contribution in [2.75, 3.05) is 7.11 Å². The molecule has 1 aromatic carbocycles. The van der Waals surface area contributed by atoms with E-state index in [1.165, 1.54) is 24.7 Å². The minimum atomic E-state index is -0.985. The van der Waals surface area contributed by atoms with Crippen LogP contribution in [0.1, 0.15) is 11.1 Å². The number of hydrogen-bond acceptors (Lipinski definition) is 3. The first-order valence-electron chi connectivity index (χ1n) is 5.20. The molecule has 3 nitrogen and oxygen atoms in total. The Kier molecular flexibility index (Phi) is 4.04. The van der Waals surface area contributed by atoms with Crippen LogP contribution in [0.2, 0.25) is 0 Å². The summed E-state index contributed by atoms with van der Waals surface area (Å²) in [6.07, 6.45) is 1.27. The van der Waals surface area contributed by atoms with Crippen LogP contribution in [0.25, 0.3) is 15.7 Å². The number of carboxylic acid groups (broad SMARTS) is 1. The van der Waals surface area contributed by atoms with Gasteiger partial charge in [0.15, 0.2) is 0 Å². The molecule has 1 heterocycles. The Labute approximate surface area is 117 Å². The van der Waals surface area contributed by atoms with E-state index in [0.717, 1.165) is 21.0 Å². The molecule has 0 aliphatic carbocycles. The molecule has 1 aromatic heterocycles. The lowest BCUT2D eigenvalue weighted by Crippen LogP contribution is -1.99. The van der Waals surface area contributed by atoms with E-state index < -0.39 is 5.97 Å². The zero-order chi connectivity index (χ0) is 13.1. The SMILES string of the molecule is COC=C(C(=O)O)c1csc2ccc(CBr)cc12. The predicted octanol–water partition coefficient (Wildman–Crippen LogP) is 3.87. The number of aliphatic carboxylic acids is 1. The fourth-order valence-electron chi connectivity index (χ4n) is 1.71. The molecule has 0 unspecified atom stereocenters. The second-order valence-electron chi connectivity index (χ2n) is 3.69. The molecule has 0 saturated heterocycles. The van der Waals surface area contributed by atoms with Crippen molar-refractivity contribution in [1.29, 1.82) is 0 Å². The molecule has 0 fully saturated rings. The second-order valence-corrected chi connectivity index (χ2v) is 5.16. The number of benzene rings is 1. The van der Waals surface area contributed by atoms with Gasteiger partial charge in [-0.2, -0.15) is 0 Å². The Balaban J connectivity index is 2.63. The van der Waals surface area contributed by atoms with Gasteiger partial charge >= 0.3 is 5.97 Å². The highest BCUT2D eigenvalue weighted by molar-refractivity contribution is 9.08. The maximum Gasteiger partial charge on any atom is 0.339 e. The lowest BCUT2D eigenvalue weighted by atomic mass is 10.0. The standard InChI is InChI=1S/C13H11BrO3S/c1-17-6-10(13(15)16)11-7-18-12-3-2-8(5-14)4-9(11)12/h2-4,6-7H,5H2,1H3,(H,15,16). The molecule has 0 amide bonds. The van der Waals surface area contributed by atoms with E-state index in [1.54, 1.807) is 0 Å². The molecule has 0 saturated carbocycles. The van der Waals surface area contributed by atoms with Gasteiger partial charge in [-0.3, -0.25) is 0 Å². The molecular formula is C13H11BrO3S. The van der Waals surface area contributed by atoms with E-state index in [9.17, 15) is 9.90 Å². The fraction of sp³-hybridized carbons (Fsp3) is 0.154. The van der Waals surface area contributed by atoms with Crippen LogP contribution in [0.5, 0.6) is 0 Å². The average Bonchev–Trinajstić information content (AvgIpc) is 2.78. The Morgan fingerprint density at radius 2 is 2.33 bits per heavy atom. The molecule has 1 N–H and O–H groups in total. The minimum Gasteiger partial charge on any atom is -0.503 e. The van der Waals surface area contributed by atoms with Crippen LogP contribution in [-0.4, -0.2) is 18.2 Å². The van der Waals surface area contributed by atoms with E-state index in [2.05, 4.69) is 15.9 Å². The number of ether oxygens (including phenoxy) is 1. The molecule has 0 aliphatic heterocycles. The summed E-state index contributed by atoms with van der Waals surface area (Å²) in [6, 6.07) is 6.03. The average molecular weight is 327 g/mol. The zero-order valence-corrected chi connectivity index (χ0v) is 12.0. The van der Waals surface area contributed by atoms with Gasteiger partial charge < -0.3 is 9.84 Å². The first-order valence-corrected chi connectivity index (χ1v) is 7.20. The number of carbonyl (C=O) groups is 1. The smallest absolute Gasteiger partial charge is 0.339 e. The van der Waals surface area contributed by atoms with Crippen LogP contribution in [-0.2, 0) is 14.9 Å². The van der Waals surface area contributed by atoms with Crippen LogP contribution in [0.4, 0.5) is 0 Å². The number of thiophene rings is 1. The van der Waals surface area contributed by atoms with E-state index >= 15 is 0 Å². The third kappa shape index (κ3) is 2.42. The van der Waals surface area contributed by atoms with Crippen molar-refractivity contribution in [2.24, 2.45) is 0 Å². The predicted molar refractivity (Wildman–Crippen MR) is 77.1 cm³/mol. The van der Waals surface area contributed by atoms with Crippen molar-refractivity contribution in [1.82, 2.24) is 0 Å². The molecule has 0 radical (unpaired) electrons. The van der Waals surface area contributed by atoms with Gasteiger partial charge in [0.1, 0.15) is 5.57 Å². The van der Waals surface area contributed by atoms with Crippen LogP contribution >= 0.6 is 27.3 Å². The van der Waals surface area contributed by atoms with E-state index in [1.807, 2.05) is 23.6 Å². The summed E-state index contributed by atoms with van der Waals surface area (Å²) >= 11 is 4.93. The summed E-state index contributed by atoms with van der Waals surface area (Å²) in [5.74, 6) is -0.985. The van der Waals surface area contributed by atoms with Crippen molar-refractivity contribution < 1.29 is 14.6 Å². The number of carboxylic acids is 1. The Bertz CT molecular complexity index is 616. The van der Waals surface area contributed by atoms with Gasteiger partial charge in [-0.05, 0) is 17.7 Å². The monoisotopic (exact) mass is 326 g/mol. The molecule has 0 aliphatic rings. The summed E-state index contributed by atoms with van der Waals surface area (Å²) in [5, 5.41) is 12.7. The molecule has 0 bridgehead atoms. The third-order valence-corrected chi connectivity index (χ3v) is 4.16. The maximum atomic E-state index is 11.2. The lowest BCUT2D eigenvalue weighted by Gasteiger charge is -2.02. The van der Waals surface area contributed by atoms with Crippen molar-refractivity contribution in [2.45, 2.75) is 5.33 Å². The highest BCUT2D eigenvalue weighted by atomic mass is 79.9. The van der Waals surface area contributed by atoms with Crippen LogP contribution < -0.4 is 0 Å². The van der Waals surface area contributed by atoms with Gasteiger partial charge in [-0.15, -0.1) is 11.3 Å². The Morgan fingerprint density at radius 3 is 2.94 bits per heavy atom. The minimum absolute atomic E-state index is 0.176. The summed E-state index contributed by atoms with van der Waals surface area (Å²) in [6.45, 7) is 0. The summed E-state index contributed by atoms with van der Waals surface area (Å²) in [4.78, 5) is 11.2. The first kappa shape index (κ1) is 13.1. The number of hydrogen-bond donors (Lipinski definition) is 1. The molecule has 2 rings (SSSR count). The normalized spacial score (nSPS) is 11.8. The molecule has 94 valence electrons. The number of halogens is 1. The van der Waals surface area contributed by atoms with Gasteiger partial charge in [0.25, 0.3) is 0 Å². The number of fused-ring (bicyclic) bond motifs is 1. The fourth-order valence-corrected chi connectivity index (χ4v) is 3.00. The second kappa shape index (κ2) is 5.54. The van der Waals surface area contributed by atoms with Crippen molar-refractivity contribution in [3.63, 3.8) is 0 Å². The van der Waals surface area contributed by atoms with Gasteiger partial charge in [0.05, 0.1) is 13.4 Å². The van der Waals surface area contributed by atoms with Crippen molar-refractivity contribution in [3.8, 4) is 0 Å². The largest absolute Gasteiger partial charge is 0.503 e. The van der Waals surface area contributed by atoms with Crippen LogP contribution in [0.15, 0.2) is 29.8 Å². The molecule has 2 aromatic rings. The Morgan fingerprint density at radius 1 is 1.56 bits per heavy atom. The van der Waals surface area contributed by atoms with Gasteiger partial charge in [0.2, 0.25) is 0 Å². The number of alkyl halides is 1. The Hall–Kier alpha value is -1.33. The van der Waals surface area contributed by atoms with Gasteiger partial charge in [-0.1, -0.05) is 22.0 Å². The summed E-state index contributed by atoms with van der Waals surface area (Å²) in [5.41, 5.74) is 1.99. The zero-order valence-electron chi connectivity index (χ0n) is 9.64. The molecule has 0 atom stereocenters. The van der Waals surface area contributed by atoms with Gasteiger partial charge in [0, 0.05) is 26.4 Å². The first-order chi connectivity index (χ1) is 8.67. The molecule has 0 spiro atoms. The molecule has 5 heteroatoms. The third-order valence-electron chi connectivity index (χ3n) is 2.55. The van der Waals surface area contributed by atoms with E-state index in [-0.39, 0.29) is 5.57 Å².